The van der Waals surface area contributed by atoms with E-state index in [4.69, 9.17) is 0 Å². The van der Waals surface area contributed by atoms with Gasteiger partial charge in [-0.3, -0.25) is 14.8 Å². The summed E-state index contributed by atoms with van der Waals surface area (Å²) in [6.45, 7) is 1.20. The van der Waals surface area contributed by atoms with Crippen LogP contribution in [0.5, 0.6) is 0 Å². The van der Waals surface area contributed by atoms with Gasteiger partial charge in [-0.25, -0.2) is 33.7 Å². The Morgan fingerprint density at radius 3 is 1.74 bits per heavy atom. The normalized spacial score (nSPS) is 12.0. The van der Waals surface area contributed by atoms with E-state index >= 15 is 0 Å². The summed E-state index contributed by atoms with van der Waals surface area (Å²) < 4.78 is 133. The maximum Gasteiger partial charge on any atom is 1.00 e. The fourth-order valence-electron chi connectivity index (χ4n) is 3.37. The topological polar surface area (TPSA) is 261 Å². The fraction of sp³-hybridized carbons (Fsp3) is 0.0588. The summed E-state index contributed by atoms with van der Waals surface area (Å²) in [5, 5.41) is 9.23. The molecule has 39 heavy (non-hydrogen) atoms. The number of nitro groups is 1. The predicted molar refractivity (Wildman–Crippen MR) is 116 cm³/mol. The predicted octanol–water partition coefficient (Wildman–Crippen LogP) is -8.42. The molecule has 15 nitrogen and oxygen atoms in total. The average molecular weight is 649 g/mol. The Morgan fingerprint density at radius 2 is 1.28 bits per heavy atom. The van der Waals surface area contributed by atoms with Gasteiger partial charge in [0.05, 0.1) is 25.3 Å². The van der Waals surface area contributed by atoms with Crippen LogP contribution >= 0.6 is 0 Å². The van der Waals surface area contributed by atoms with Crippen LogP contribution in [0.1, 0.15) is 5.56 Å². The van der Waals surface area contributed by atoms with E-state index in [9.17, 15) is 57.4 Å². The Labute approximate surface area is 289 Å². The number of hydrogen-bond donors (Lipinski definition) is 1. The van der Waals surface area contributed by atoms with Crippen molar-refractivity contribution < 1.29 is 141 Å². The van der Waals surface area contributed by atoms with Crippen molar-refractivity contribution in [1.82, 2.24) is 0 Å². The molecule has 3 aromatic rings. The van der Waals surface area contributed by atoms with E-state index in [-0.39, 0.29) is 106 Å². The molecule has 0 unspecified atom stereocenters. The number of fused-ring (bicyclic) bond motifs is 1. The summed E-state index contributed by atoms with van der Waals surface area (Å²) in [7, 11) is -21.7. The van der Waals surface area contributed by atoms with Gasteiger partial charge in [0.2, 0.25) is 0 Å². The molecular weight excluding hydrogens is 637 g/mol. The number of nitrogens with zero attached hydrogens (tertiary/aromatic N) is 1. The number of anilines is 1. The van der Waals surface area contributed by atoms with Crippen molar-refractivity contribution in [2.45, 2.75) is 26.5 Å². The van der Waals surface area contributed by atoms with Gasteiger partial charge in [0.25, 0.3) is 15.7 Å². The van der Waals surface area contributed by atoms with E-state index in [1.807, 2.05) is 0 Å². The Balaban J connectivity index is 0.00000481. The van der Waals surface area contributed by atoms with Gasteiger partial charge in [0.15, 0.2) is 4.90 Å². The van der Waals surface area contributed by atoms with E-state index in [0.29, 0.717) is 12.1 Å². The van der Waals surface area contributed by atoms with Gasteiger partial charge >= 0.3 is 88.7 Å². The minimum atomic E-state index is -5.74. The summed E-state index contributed by atoms with van der Waals surface area (Å²) in [5.74, 6) is 0. The van der Waals surface area contributed by atoms with Crippen molar-refractivity contribution in [3.05, 3.63) is 58.1 Å². The second-order valence-corrected chi connectivity index (χ2v) is 12.8. The molecule has 3 rings (SSSR count). The molecule has 0 bridgehead atoms. The first-order chi connectivity index (χ1) is 16.2. The number of nitro benzene ring substituents is 1. The number of aryl methyl sites for hydroxylation is 1. The molecule has 0 radical (unpaired) electrons. The summed E-state index contributed by atoms with van der Waals surface area (Å²) in [6, 6.07) is 4.64. The van der Waals surface area contributed by atoms with Crippen LogP contribution in [0.15, 0.2) is 62.0 Å². The van der Waals surface area contributed by atoms with Crippen molar-refractivity contribution in [2.75, 3.05) is 4.72 Å². The zero-order valence-corrected chi connectivity index (χ0v) is 29.7. The molecule has 0 amide bonds. The van der Waals surface area contributed by atoms with Crippen molar-refractivity contribution in [1.29, 1.82) is 0 Å². The first-order valence-corrected chi connectivity index (χ1v) is 14.7. The van der Waals surface area contributed by atoms with Gasteiger partial charge in [-0.15, -0.1) is 0 Å². The van der Waals surface area contributed by atoms with Crippen molar-refractivity contribution in [3.63, 3.8) is 0 Å². The molecular formula is C17H11N2Na3O13S4. The van der Waals surface area contributed by atoms with E-state index in [1.54, 1.807) is 4.72 Å². The third-order valence-corrected chi connectivity index (χ3v) is 8.87. The largest absolute Gasteiger partial charge is 1.00 e. The zero-order valence-electron chi connectivity index (χ0n) is 20.4. The van der Waals surface area contributed by atoms with Crippen molar-refractivity contribution in [2.24, 2.45) is 0 Å². The Bertz CT molecular complexity index is 1900. The van der Waals surface area contributed by atoms with Crippen LogP contribution in [0.3, 0.4) is 0 Å². The standard InChI is InChI=1S/C17H14N2O13S4.3Na/c1-9-3-2-4-13(19(20)21)17(9)33(22,23)18-12-5-6-14(35(27,28)29)11-7-10(34(24,25)26)8-15(16(11)12)36(30,31)32;;;/h2-8,18H,1H3,(H,24,25,26)(H,27,28,29)(H,30,31,32);;;/q;3*+1/p-3. The monoisotopic (exact) mass is 648 g/mol. The van der Waals surface area contributed by atoms with E-state index in [0.717, 1.165) is 6.07 Å². The molecule has 0 aliphatic rings. The first kappa shape index (κ1) is 38.8. The Kier molecular flexibility index (Phi) is 13.3. The second kappa shape index (κ2) is 13.4. The molecule has 0 aliphatic heterocycles. The third-order valence-electron chi connectivity index (χ3n) is 4.74. The van der Waals surface area contributed by atoms with Gasteiger partial charge in [-0.05, 0) is 36.8 Å². The smallest absolute Gasteiger partial charge is 0.744 e. The van der Waals surface area contributed by atoms with Crippen LogP contribution in [-0.2, 0) is 40.4 Å². The average Bonchev–Trinajstić information content (AvgIpc) is 2.70. The summed E-state index contributed by atoms with van der Waals surface area (Å²) in [5.41, 5.74) is -1.88. The van der Waals surface area contributed by atoms with Gasteiger partial charge in [0.1, 0.15) is 30.4 Å². The van der Waals surface area contributed by atoms with Crippen molar-refractivity contribution in [3.8, 4) is 0 Å². The van der Waals surface area contributed by atoms with Crippen LogP contribution in [-0.4, -0.2) is 52.3 Å². The SMILES string of the molecule is Cc1cccc([N+](=O)[O-])c1S(=O)(=O)Nc1ccc(S(=O)(=O)[O-])c2cc(S(=O)(=O)[O-])cc(S(=O)(=O)[O-])c12.[Na+].[Na+].[Na+]. The van der Waals surface area contributed by atoms with E-state index < -0.39 is 87.0 Å². The molecule has 0 aliphatic carbocycles. The number of nitrogens with one attached hydrogen (secondary N) is 1. The molecule has 1 N–H and O–H groups in total. The fourth-order valence-corrected chi connectivity index (χ4v) is 6.84. The van der Waals surface area contributed by atoms with Crippen LogP contribution in [0, 0.1) is 17.0 Å². The molecule has 0 heterocycles. The van der Waals surface area contributed by atoms with E-state index in [1.165, 1.54) is 19.1 Å². The van der Waals surface area contributed by atoms with Crippen LogP contribution < -0.4 is 93.4 Å². The summed E-state index contributed by atoms with van der Waals surface area (Å²) >= 11 is 0. The number of rotatable bonds is 7. The van der Waals surface area contributed by atoms with Crippen LogP contribution in [0.4, 0.5) is 11.4 Å². The molecule has 0 saturated heterocycles. The van der Waals surface area contributed by atoms with Gasteiger partial charge < -0.3 is 13.7 Å². The Morgan fingerprint density at radius 1 is 0.744 bits per heavy atom. The molecule has 0 spiro atoms. The molecule has 194 valence electrons. The summed E-state index contributed by atoms with van der Waals surface area (Å²) in [4.78, 5) is 5.25. The van der Waals surface area contributed by atoms with Gasteiger partial charge in [-0.2, -0.15) is 0 Å². The Hall–Kier alpha value is -0.200. The van der Waals surface area contributed by atoms with Gasteiger partial charge in [0, 0.05) is 16.8 Å². The number of benzene rings is 3. The molecule has 22 heteroatoms. The number of sulfonamides is 1. The minimum Gasteiger partial charge on any atom is -0.744 e. The molecule has 0 aromatic heterocycles. The van der Waals surface area contributed by atoms with Crippen LogP contribution in [0.25, 0.3) is 10.8 Å². The van der Waals surface area contributed by atoms with E-state index in [2.05, 4.69) is 0 Å². The molecule has 0 saturated carbocycles. The molecule has 0 atom stereocenters. The second-order valence-electron chi connectivity index (χ2n) is 7.10. The number of hydrogen-bond acceptors (Lipinski definition) is 13. The van der Waals surface area contributed by atoms with Gasteiger partial charge in [-0.1, -0.05) is 12.1 Å². The maximum absolute atomic E-state index is 13.1. The zero-order chi connectivity index (χ0) is 27.4. The maximum atomic E-state index is 13.1. The molecule has 3 aromatic carbocycles. The summed E-state index contributed by atoms with van der Waals surface area (Å²) in [6.07, 6.45) is 0. The quantitative estimate of drug-likeness (QED) is 0.108. The van der Waals surface area contributed by atoms with Crippen LogP contribution in [0.2, 0.25) is 0 Å². The minimum absolute atomic E-state index is 0. The molecule has 0 fully saturated rings. The first-order valence-electron chi connectivity index (χ1n) is 9.00. The van der Waals surface area contributed by atoms with Crippen molar-refractivity contribution >= 4 is 62.5 Å². The third kappa shape index (κ3) is 8.43.